The average molecular weight is 475 g/mol. The number of hydrogen-bond acceptors (Lipinski definition) is 4. The Kier molecular flexibility index (Phi) is 7.01. The Hall–Kier alpha value is -2.57. The fourth-order valence-electron chi connectivity index (χ4n) is 4.49. The van der Waals surface area contributed by atoms with Gasteiger partial charge in [0.2, 0.25) is 5.91 Å². The first-order chi connectivity index (χ1) is 15.4. The van der Waals surface area contributed by atoms with Gasteiger partial charge in [0, 0.05) is 17.9 Å². The van der Waals surface area contributed by atoms with Crippen LogP contribution in [-0.4, -0.2) is 30.9 Å². The maximum Gasteiger partial charge on any atom is 0.310 e. The van der Waals surface area contributed by atoms with Crippen molar-refractivity contribution in [1.82, 2.24) is 0 Å². The first-order valence-corrected chi connectivity index (χ1v) is 11.5. The first kappa shape index (κ1) is 22.6. The predicted octanol–water partition coefficient (Wildman–Crippen LogP) is 4.87. The van der Waals surface area contributed by atoms with Crippen molar-refractivity contribution in [2.24, 2.45) is 11.8 Å². The van der Waals surface area contributed by atoms with E-state index < -0.39 is 30.3 Å². The lowest BCUT2D eigenvalue weighted by molar-refractivity contribution is -0.156. The van der Waals surface area contributed by atoms with Crippen molar-refractivity contribution < 1.29 is 19.1 Å². The molecule has 2 atom stereocenters. The van der Waals surface area contributed by atoms with Crippen LogP contribution in [-0.2, 0) is 25.5 Å². The molecule has 0 unspecified atom stereocenters. The van der Waals surface area contributed by atoms with Gasteiger partial charge in [-0.3, -0.25) is 14.4 Å². The molecule has 4 rings (SSSR count). The number of esters is 1. The Balaban J connectivity index is 1.37. The van der Waals surface area contributed by atoms with Gasteiger partial charge in [-0.1, -0.05) is 54.2 Å². The van der Waals surface area contributed by atoms with Gasteiger partial charge in [-0.25, -0.2) is 0 Å². The van der Waals surface area contributed by atoms with E-state index in [4.69, 9.17) is 27.9 Å². The maximum atomic E-state index is 13.3. The molecule has 1 N–H and O–H groups in total. The van der Waals surface area contributed by atoms with Crippen LogP contribution in [0.5, 0.6) is 0 Å². The van der Waals surface area contributed by atoms with Gasteiger partial charge in [-0.2, -0.15) is 0 Å². The van der Waals surface area contributed by atoms with E-state index in [9.17, 15) is 14.4 Å². The number of anilines is 2. The third-order valence-electron chi connectivity index (χ3n) is 6.09. The third-order valence-corrected chi connectivity index (χ3v) is 6.83. The Morgan fingerprint density at radius 1 is 1.00 bits per heavy atom. The number of amides is 2. The van der Waals surface area contributed by atoms with Crippen LogP contribution >= 0.6 is 23.2 Å². The van der Waals surface area contributed by atoms with E-state index in [0.29, 0.717) is 35.1 Å². The van der Waals surface area contributed by atoms with Crippen LogP contribution in [0.2, 0.25) is 10.0 Å². The van der Waals surface area contributed by atoms with Crippen molar-refractivity contribution in [2.75, 3.05) is 23.4 Å². The molecule has 0 saturated heterocycles. The van der Waals surface area contributed by atoms with Crippen molar-refractivity contribution in [1.29, 1.82) is 0 Å². The van der Waals surface area contributed by atoms with Gasteiger partial charge in [-0.15, -0.1) is 0 Å². The standard InChI is InChI=1S/C24H24Cl2N2O4/c25-19-10-9-16(13-20(19)26)27-22(29)14-32-24(31)18-7-3-2-6-17(18)23(30)28-12-11-15-5-1-4-8-21(15)28/h1,4-5,8-10,13,17-18H,2-3,6-7,11-12,14H2,(H,27,29)/t17-,18+/m0/s1. The zero-order chi connectivity index (χ0) is 22.7. The van der Waals surface area contributed by atoms with Crippen molar-refractivity contribution >= 4 is 52.4 Å². The molecule has 32 heavy (non-hydrogen) atoms. The zero-order valence-electron chi connectivity index (χ0n) is 17.5. The van der Waals surface area contributed by atoms with E-state index in [1.54, 1.807) is 17.0 Å². The number of fused-ring (bicyclic) bond motifs is 1. The van der Waals surface area contributed by atoms with Crippen molar-refractivity contribution in [3.05, 3.63) is 58.1 Å². The van der Waals surface area contributed by atoms with Crippen LogP contribution < -0.4 is 10.2 Å². The van der Waals surface area contributed by atoms with Crippen LogP contribution in [0, 0.1) is 11.8 Å². The summed E-state index contributed by atoms with van der Waals surface area (Å²) in [5.74, 6) is -1.98. The second kappa shape index (κ2) is 9.92. The summed E-state index contributed by atoms with van der Waals surface area (Å²) < 4.78 is 5.30. The third kappa shape index (κ3) is 4.92. The van der Waals surface area contributed by atoms with Gasteiger partial charge in [0.15, 0.2) is 6.61 Å². The number of halogens is 2. The second-order valence-electron chi connectivity index (χ2n) is 8.15. The Labute approximate surface area is 196 Å². The normalized spacial score (nSPS) is 19.9. The molecule has 1 fully saturated rings. The van der Waals surface area contributed by atoms with Crippen LogP contribution in [0.25, 0.3) is 0 Å². The molecule has 1 heterocycles. The van der Waals surface area contributed by atoms with Crippen LogP contribution in [0.4, 0.5) is 11.4 Å². The Morgan fingerprint density at radius 2 is 1.75 bits per heavy atom. The largest absolute Gasteiger partial charge is 0.455 e. The maximum absolute atomic E-state index is 13.3. The molecule has 0 bridgehead atoms. The average Bonchev–Trinajstić information content (AvgIpc) is 3.23. The molecule has 2 aromatic rings. The fraction of sp³-hybridized carbons (Fsp3) is 0.375. The number of hydrogen-bond donors (Lipinski definition) is 1. The minimum absolute atomic E-state index is 0.0307. The van der Waals surface area contributed by atoms with Crippen molar-refractivity contribution in [3.63, 3.8) is 0 Å². The van der Waals surface area contributed by atoms with Crippen LogP contribution in [0.1, 0.15) is 31.2 Å². The number of carbonyl (C=O) groups excluding carboxylic acids is 3. The molecule has 1 saturated carbocycles. The van der Waals surface area contributed by atoms with E-state index in [0.717, 1.165) is 30.5 Å². The molecule has 6 nitrogen and oxygen atoms in total. The smallest absolute Gasteiger partial charge is 0.310 e. The summed E-state index contributed by atoms with van der Waals surface area (Å²) in [5.41, 5.74) is 2.53. The molecule has 0 radical (unpaired) electrons. The zero-order valence-corrected chi connectivity index (χ0v) is 19.0. The first-order valence-electron chi connectivity index (χ1n) is 10.7. The molecule has 2 aliphatic rings. The highest BCUT2D eigenvalue weighted by Crippen LogP contribution is 2.36. The molecule has 8 heteroatoms. The summed E-state index contributed by atoms with van der Waals surface area (Å²) in [4.78, 5) is 40.2. The number of nitrogens with zero attached hydrogens (tertiary/aromatic N) is 1. The lowest BCUT2D eigenvalue weighted by Gasteiger charge is -2.32. The number of rotatable bonds is 5. The van der Waals surface area contributed by atoms with E-state index >= 15 is 0 Å². The van der Waals surface area contributed by atoms with Gasteiger partial charge in [0.05, 0.1) is 21.9 Å². The monoisotopic (exact) mass is 474 g/mol. The SMILES string of the molecule is O=C(COC(=O)[C@@H]1CCCC[C@@H]1C(=O)N1CCc2ccccc21)Nc1ccc(Cl)c(Cl)c1. The topological polar surface area (TPSA) is 75.7 Å². The van der Waals surface area contributed by atoms with E-state index in [2.05, 4.69) is 5.32 Å². The lowest BCUT2D eigenvalue weighted by atomic mass is 9.78. The lowest BCUT2D eigenvalue weighted by Crippen LogP contribution is -2.42. The highest BCUT2D eigenvalue weighted by molar-refractivity contribution is 6.42. The van der Waals surface area contributed by atoms with Crippen molar-refractivity contribution in [2.45, 2.75) is 32.1 Å². The summed E-state index contributed by atoms with van der Waals surface area (Å²) >= 11 is 11.8. The number of carbonyl (C=O) groups is 3. The summed E-state index contributed by atoms with van der Waals surface area (Å²) in [6, 6.07) is 12.6. The quantitative estimate of drug-likeness (QED) is 0.627. The molecule has 1 aliphatic heterocycles. The second-order valence-corrected chi connectivity index (χ2v) is 8.97. The number of ether oxygens (including phenoxy) is 1. The number of para-hydroxylation sites is 1. The predicted molar refractivity (Wildman–Crippen MR) is 124 cm³/mol. The van der Waals surface area contributed by atoms with Crippen LogP contribution in [0.15, 0.2) is 42.5 Å². The fourth-order valence-corrected chi connectivity index (χ4v) is 4.79. The van der Waals surface area contributed by atoms with Gasteiger partial charge in [-0.05, 0) is 49.1 Å². The molecular formula is C24H24Cl2N2O4. The molecule has 1 aliphatic carbocycles. The van der Waals surface area contributed by atoms with E-state index in [1.807, 2.05) is 24.3 Å². The number of nitrogens with one attached hydrogen (secondary N) is 1. The van der Waals surface area contributed by atoms with Gasteiger partial charge in [0.25, 0.3) is 5.91 Å². The molecule has 0 spiro atoms. The van der Waals surface area contributed by atoms with Gasteiger partial charge >= 0.3 is 5.97 Å². The van der Waals surface area contributed by atoms with Gasteiger partial charge in [0.1, 0.15) is 0 Å². The number of benzene rings is 2. The van der Waals surface area contributed by atoms with Crippen molar-refractivity contribution in [3.8, 4) is 0 Å². The molecule has 168 valence electrons. The minimum atomic E-state index is -0.540. The highest BCUT2D eigenvalue weighted by Gasteiger charge is 2.40. The Bertz CT molecular complexity index is 1040. The molecule has 0 aromatic heterocycles. The molecular weight excluding hydrogens is 451 g/mol. The van der Waals surface area contributed by atoms with Crippen LogP contribution in [0.3, 0.4) is 0 Å². The Morgan fingerprint density at radius 3 is 2.53 bits per heavy atom. The van der Waals surface area contributed by atoms with E-state index in [-0.39, 0.29) is 5.91 Å². The molecule has 2 aromatic carbocycles. The summed E-state index contributed by atoms with van der Waals surface area (Å²) in [5, 5.41) is 3.32. The summed E-state index contributed by atoms with van der Waals surface area (Å²) in [7, 11) is 0. The summed E-state index contributed by atoms with van der Waals surface area (Å²) in [6.45, 7) is 0.200. The highest BCUT2D eigenvalue weighted by atomic mass is 35.5. The van der Waals surface area contributed by atoms with E-state index in [1.165, 1.54) is 6.07 Å². The minimum Gasteiger partial charge on any atom is -0.455 e. The molecule has 2 amide bonds. The van der Waals surface area contributed by atoms with Gasteiger partial charge < -0.3 is 15.0 Å². The summed E-state index contributed by atoms with van der Waals surface area (Å²) in [6.07, 6.45) is 3.80.